The zero-order valence-corrected chi connectivity index (χ0v) is 11.5. The normalized spacial score (nSPS) is 9.90. The van der Waals surface area contributed by atoms with Gasteiger partial charge < -0.3 is 9.52 Å². The van der Waals surface area contributed by atoms with E-state index in [4.69, 9.17) is 9.52 Å². The van der Waals surface area contributed by atoms with Crippen LogP contribution < -0.4 is 0 Å². The van der Waals surface area contributed by atoms with Crippen molar-refractivity contribution in [3.05, 3.63) is 60.4 Å². The molecule has 3 rings (SSSR count). The molecule has 0 atom stereocenters. The van der Waals surface area contributed by atoms with E-state index in [0.717, 1.165) is 16.5 Å². The van der Waals surface area contributed by atoms with E-state index in [-0.39, 0.29) is 5.76 Å². The molecule has 0 radical (unpaired) electrons. The smallest absolute Gasteiger partial charge is 0.371 e. The number of carboxylic acids is 1. The summed E-state index contributed by atoms with van der Waals surface area (Å²) in [5, 5.41) is 9.68. The monoisotopic (exact) mass is 268 g/mol. The van der Waals surface area contributed by atoms with Crippen LogP contribution >= 0.6 is 0 Å². The summed E-state index contributed by atoms with van der Waals surface area (Å²) in [5.74, 6) is -1.08. The van der Waals surface area contributed by atoms with Gasteiger partial charge in [-0.15, -0.1) is 0 Å². The van der Waals surface area contributed by atoms with E-state index in [1.54, 1.807) is 12.1 Å². The van der Waals surface area contributed by atoms with Gasteiger partial charge in [-0.1, -0.05) is 50.2 Å². The van der Waals surface area contributed by atoms with Gasteiger partial charge in [-0.3, -0.25) is 0 Å². The number of hydrogen-bond donors (Lipinski definition) is 1. The Morgan fingerprint density at radius 1 is 0.950 bits per heavy atom. The van der Waals surface area contributed by atoms with Crippen molar-refractivity contribution in [2.75, 3.05) is 0 Å². The van der Waals surface area contributed by atoms with E-state index in [9.17, 15) is 4.79 Å². The summed E-state index contributed by atoms with van der Waals surface area (Å²) >= 11 is 0. The van der Waals surface area contributed by atoms with Crippen LogP contribution in [0.2, 0.25) is 0 Å². The summed E-state index contributed by atoms with van der Waals surface area (Å²) < 4.78 is 5.22. The highest BCUT2D eigenvalue weighted by molar-refractivity contribution is 5.92. The first-order chi connectivity index (χ1) is 9.74. The molecule has 1 N–H and O–H groups in total. The summed E-state index contributed by atoms with van der Waals surface area (Å²) in [6, 6.07) is 17.1. The highest BCUT2D eigenvalue weighted by Crippen LogP contribution is 2.26. The van der Waals surface area contributed by atoms with Crippen molar-refractivity contribution < 1.29 is 14.3 Å². The molecule has 0 spiro atoms. The molecule has 1 aromatic heterocycles. The van der Waals surface area contributed by atoms with Gasteiger partial charge in [0.2, 0.25) is 5.76 Å². The van der Waals surface area contributed by atoms with Crippen LogP contribution in [0.25, 0.3) is 22.1 Å². The number of benzene rings is 2. The first kappa shape index (κ1) is 13.9. The molecule has 3 nitrogen and oxygen atoms in total. The van der Waals surface area contributed by atoms with Crippen LogP contribution in [0.5, 0.6) is 0 Å². The highest BCUT2D eigenvalue weighted by atomic mass is 16.4. The Morgan fingerprint density at radius 3 is 2.30 bits per heavy atom. The van der Waals surface area contributed by atoms with Crippen molar-refractivity contribution in [1.29, 1.82) is 0 Å². The molecular weight excluding hydrogens is 252 g/mol. The molecule has 0 amide bonds. The number of fused-ring (bicyclic) bond motifs is 1. The first-order valence-corrected chi connectivity index (χ1v) is 6.56. The number of carboxylic acid groups (broad SMARTS) is 1. The summed E-state index contributed by atoms with van der Waals surface area (Å²) in [7, 11) is 0. The third-order valence-electron chi connectivity index (χ3n) is 2.83. The number of furan rings is 1. The molecule has 0 unspecified atom stereocenters. The Bertz CT molecular complexity index is 711. The quantitative estimate of drug-likeness (QED) is 0.724. The standard InChI is InChI=1S/C15H10O3.C2H6/c16-15(17)14-9-12-8-11(6-7-13(12)18-14)10-4-2-1-3-5-10;1-2/h1-9H,(H,16,17);1-2H3. The van der Waals surface area contributed by atoms with Crippen molar-refractivity contribution in [3.8, 4) is 11.1 Å². The molecule has 0 aliphatic rings. The van der Waals surface area contributed by atoms with E-state index in [2.05, 4.69) is 0 Å². The predicted molar refractivity (Wildman–Crippen MR) is 80.0 cm³/mol. The average molecular weight is 268 g/mol. The topological polar surface area (TPSA) is 50.4 Å². The van der Waals surface area contributed by atoms with Crippen LogP contribution in [0.1, 0.15) is 24.4 Å². The van der Waals surface area contributed by atoms with Crippen LogP contribution in [0.15, 0.2) is 59.0 Å². The van der Waals surface area contributed by atoms with Gasteiger partial charge in [0.25, 0.3) is 0 Å². The minimum absolute atomic E-state index is 0.0322. The summed E-state index contributed by atoms with van der Waals surface area (Å²) in [4.78, 5) is 10.8. The molecule has 0 aliphatic heterocycles. The molecule has 102 valence electrons. The second-order valence-electron chi connectivity index (χ2n) is 4.03. The van der Waals surface area contributed by atoms with E-state index in [1.165, 1.54) is 0 Å². The maximum Gasteiger partial charge on any atom is 0.371 e. The van der Waals surface area contributed by atoms with Crippen molar-refractivity contribution in [3.63, 3.8) is 0 Å². The minimum Gasteiger partial charge on any atom is -0.475 e. The van der Waals surface area contributed by atoms with E-state index >= 15 is 0 Å². The van der Waals surface area contributed by atoms with Crippen LogP contribution in [0.3, 0.4) is 0 Å². The molecule has 0 fully saturated rings. The fourth-order valence-electron chi connectivity index (χ4n) is 1.96. The Labute approximate surface area is 117 Å². The minimum atomic E-state index is -1.05. The van der Waals surface area contributed by atoms with Gasteiger partial charge in [0, 0.05) is 5.39 Å². The zero-order valence-electron chi connectivity index (χ0n) is 11.5. The summed E-state index contributed by atoms with van der Waals surface area (Å²) in [5.41, 5.74) is 2.73. The van der Waals surface area contributed by atoms with Crippen molar-refractivity contribution in [1.82, 2.24) is 0 Å². The van der Waals surface area contributed by atoms with Crippen molar-refractivity contribution in [2.45, 2.75) is 13.8 Å². The molecule has 3 heteroatoms. The number of carbonyl (C=O) groups is 1. The van der Waals surface area contributed by atoms with Gasteiger partial charge in [0.05, 0.1) is 0 Å². The van der Waals surface area contributed by atoms with Gasteiger partial charge in [-0.25, -0.2) is 4.79 Å². The number of hydrogen-bond acceptors (Lipinski definition) is 2. The molecule has 0 aliphatic carbocycles. The molecular formula is C17H16O3. The zero-order chi connectivity index (χ0) is 14.5. The Morgan fingerprint density at radius 2 is 1.65 bits per heavy atom. The fraction of sp³-hybridized carbons (Fsp3) is 0.118. The number of aromatic carboxylic acids is 1. The lowest BCUT2D eigenvalue weighted by Gasteiger charge is -2.00. The Balaban J connectivity index is 0.000000704. The highest BCUT2D eigenvalue weighted by Gasteiger charge is 2.10. The third kappa shape index (κ3) is 2.72. The SMILES string of the molecule is CC.O=C(O)c1cc2cc(-c3ccccc3)ccc2o1. The Kier molecular flexibility index (Phi) is 4.20. The molecule has 0 saturated heterocycles. The van der Waals surface area contributed by atoms with Crippen molar-refractivity contribution >= 4 is 16.9 Å². The second kappa shape index (κ2) is 6.06. The molecule has 2 aromatic carbocycles. The van der Waals surface area contributed by atoms with E-state index in [1.807, 2.05) is 56.3 Å². The molecule has 0 bridgehead atoms. The molecule has 3 aromatic rings. The maximum atomic E-state index is 10.8. The lowest BCUT2D eigenvalue weighted by Crippen LogP contribution is -1.91. The van der Waals surface area contributed by atoms with Crippen LogP contribution in [-0.4, -0.2) is 11.1 Å². The lowest BCUT2D eigenvalue weighted by molar-refractivity contribution is 0.0665. The largest absolute Gasteiger partial charge is 0.475 e. The summed E-state index contributed by atoms with van der Waals surface area (Å²) in [6.07, 6.45) is 0. The first-order valence-electron chi connectivity index (χ1n) is 6.56. The van der Waals surface area contributed by atoms with Crippen LogP contribution in [-0.2, 0) is 0 Å². The van der Waals surface area contributed by atoms with Gasteiger partial charge in [0.1, 0.15) is 5.58 Å². The molecule has 1 heterocycles. The molecule has 20 heavy (non-hydrogen) atoms. The fourth-order valence-corrected chi connectivity index (χ4v) is 1.96. The van der Waals surface area contributed by atoms with Gasteiger partial charge in [0.15, 0.2) is 0 Å². The predicted octanol–water partition coefficient (Wildman–Crippen LogP) is 4.82. The third-order valence-corrected chi connectivity index (χ3v) is 2.83. The van der Waals surface area contributed by atoms with Crippen LogP contribution in [0, 0.1) is 0 Å². The Hall–Kier alpha value is -2.55. The van der Waals surface area contributed by atoms with E-state index < -0.39 is 5.97 Å². The number of rotatable bonds is 2. The second-order valence-corrected chi connectivity index (χ2v) is 4.03. The van der Waals surface area contributed by atoms with Gasteiger partial charge >= 0.3 is 5.97 Å². The summed E-state index contributed by atoms with van der Waals surface area (Å²) in [6.45, 7) is 4.00. The average Bonchev–Trinajstić information content (AvgIpc) is 2.93. The van der Waals surface area contributed by atoms with Gasteiger partial charge in [-0.05, 0) is 29.3 Å². The van der Waals surface area contributed by atoms with E-state index in [0.29, 0.717) is 5.58 Å². The van der Waals surface area contributed by atoms with Gasteiger partial charge in [-0.2, -0.15) is 0 Å². The molecule has 0 saturated carbocycles. The van der Waals surface area contributed by atoms with Crippen molar-refractivity contribution in [2.24, 2.45) is 0 Å². The lowest BCUT2D eigenvalue weighted by atomic mass is 10.0. The maximum absolute atomic E-state index is 10.8. The van der Waals surface area contributed by atoms with Crippen LogP contribution in [0.4, 0.5) is 0 Å².